The quantitative estimate of drug-likeness (QED) is 0.746. The Morgan fingerprint density at radius 1 is 1.54 bits per heavy atom. The van der Waals surface area contributed by atoms with Gasteiger partial charge < -0.3 is 14.8 Å². The Hall–Kier alpha value is -0.800. The molecule has 3 heteroatoms. The van der Waals surface area contributed by atoms with Crippen LogP contribution in [0.15, 0.2) is 23.0 Å². The monoisotopic (exact) mass is 185 g/mol. The third-order valence-corrected chi connectivity index (χ3v) is 1.69. The van der Waals surface area contributed by atoms with Gasteiger partial charge in [0, 0.05) is 6.04 Å². The van der Waals surface area contributed by atoms with E-state index >= 15 is 0 Å². The highest BCUT2D eigenvalue weighted by Crippen LogP contribution is 2.03. The van der Waals surface area contributed by atoms with Crippen LogP contribution in [-0.4, -0.2) is 24.8 Å². The van der Waals surface area contributed by atoms with Crippen molar-refractivity contribution in [3.63, 3.8) is 0 Å². The van der Waals surface area contributed by atoms with E-state index in [-0.39, 0.29) is 12.6 Å². The Labute approximate surface area is 79.8 Å². The average Bonchev–Trinajstić information content (AvgIpc) is 2.70. The fourth-order valence-electron chi connectivity index (χ4n) is 0.951. The molecule has 0 aliphatic carbocycles. The van der Waals surface area contributed by atoms with E-state index in [4.69, 9.17) is 9.52 Å². The van der Waals surface area contributed by atoms with E-state index in [9.17, 15) is 0 Å². The maximum absolute atomic E-state index is 8.83. The van der Waals surface area contributed by atoms with Gasteiger partial charge in [0.05, 0.1) is 19.1 Å². The summed E-state index contributed by atoms with van der Waals surface area (Å²) in [7, 11) is 1.83. The van der Waals surface area contributed by atoms with E-state index < -0.39 is 0 Å². The summed E-state index contributed by atoms with van der Waals surface area (Å²) < 4.78 is 4.89. The van der Waals surface area contributed by atoms with Crippen molar-refractivity contribution >= 4 is 0 Å². The molecule has 0 bridgehead atoms. The maximum Gasteiger partial charge on any atom is 0.0935 e. The lowest BCUT2D eigenvalue weighted by Crippen LogP contribution is -2.30. The number of nitrogens with one attached hydrogen (secondary N) is 1. The molecule has 0 aromatic carbocycles. The smallest absolute Gasteiger partial charge is 0.0935 e. The molecule has 0 fully saturated rings. The zero-order valence-corrected chi connectivity index (χ0v) is 8.58. The Balaban J connectivity index is 0.000000671. The lowest BCUT2D eigenvalue weighted by molar-refractivity contribution is 0.248. The van der Waals surface area contributed by atoms with Crippen molar-refractivity contribution in [2.45, 2.75) is 26.3 Å². The highest BCUT2D eigenvalue weighted by molar-refractivity contribution is 5.07. The average molecular weight is 185 g/mol. The van der Waals surface area contributed by atoms with Crippen molar-refractivity contribution in [2.75, 3.05) is 13.7 Å². The van der Waals surface area contributed by atoms with Gasteiger partial charge >= 0.3 is 0 Å². The Kier molecular flexibility index (Phi) is 7.35. The zero-order valence-electron chi connectivity index (χ0n) is 8.58. The van der Waals surface area contributed by atoms with Crippen molar-refractivity contribution in [1.82, 2.24) is 5.32 Å². The highest BCUT2D eigenvalue weighted by Gasteiger charge is 2.05. The van der Waals surface area contributed by atoms with Crippen molar-refractivity contribution < 1.29 is 9.52 Å². The molecule has 0 aliphatic heterocycles. The van der Waals surface area contributed by atoms with Crippen LogP contribution < -0.4 is 5.32 Å². The van der Waals surface area contributed by atoms with Crippen LogP contribution in [0.3, 0.4) is 0 Å². The topological polar surface area (TPSA) is 45.4 Å². The Morgan fingerprint density at radius 2 is 2.23 bits per heavy atom. The lowest BCUT2D eigenvalue weighted by Gasteiger charge is -2.10. The lowest BCUT2D eigenvalue weighted by atomic mass is 10.1. The van der Waals surface area contributed by atoms with Crippen molar-refractivity contribution in [3.05, 3.63) is 24.2 Å². The van der Waals surface area contributed by atoms with Crippen molar-refractivity contribution in [1.29, 1.82) is 0 Å². The van der Waals surface area contributed by atoms with E-state index in [0.717, 1.165) is 12.0 Å². The molecular formula is C10H19NO2. The molecule has 1 rings (SSSR count). The minimum Gasteiger partial charge on any atom is -0.472 e. The Morgan fingerprint density at radius 3 is 2.62 bits per heavy atom. The highest BCUT2D eigenvalue weighted by atomic mass is 16.3. The molecular weight excluding hydrogens is 166 g/mol. The molecule has 3 nitrogen and oxygen atoms in total. The van der Waals surface area contributed by atoms with Gasteiger partial charge in [0.1, 0.15) is 0 Å². The van der Waals surface area contributed by atoms with E-state index in [1.807, 2.05) is 27.0 Å². The van der Waals surface area contributed by atoms with E-state index in [1.54, 1.807) is 12.5 Å². The molecule has 1 heterocycles. The molecule has 0 aliphatic rings. The molecule has 13 heavy (non-hydrogen) atoms. The fraction of sp³-hybridized carbons (Fsp3) is 0.600. The summed E-state index contributed by atoms with van der Waals surface area (Å²) in [6.45, 7) is 4.15. The molecule has 1 aromatic heterocycles. The SMILES string of the molecule is CC.CNC(CO)Cc1ccoc1. The molecule has 2 N–H and O–H groups in total. The van der Waals surface area contributed by atoms with Gasteiger partial charge in [-0.3, -0.25) is 0 Å². The van der Waals surface area contributed by atoms with Gasteiger partial charge in [-0.05, 0) is 25.1 Å². The van der Waals surface area contributed by atoms with Crippen LogP contribution in [0.2, 0.25) is 0 Å². The van der Waals surface area contributed by atoms with E-state index in [1.165, 1.54) is 0 Å². The summed E-state index contributed by atoms with van der Waals surface area (Å²) in [5, 5.41) is 11.8. The van der Waals surface area contributed by atoms with Gasteiger partial charge in [0.25, 0.3) is 0 Å². The first-order valence-corrected chi connectivity index (χ1v) is 4.66. The van der Waals surface area contributed by atoms with Crippen LogP contribution in [0, 0.1) is 0 Å². The first-order valence-electron chi connectivity index (χ1n) is 4.66. The number of aliphatic hydroxyl groups is 1. The third-order valence-electron chi connectivity index (χ3n) is 1.69. The standard InChI is InChI=1S/C8H13NO2.C2H6/c1-9-8(5-10)4-7-2-3-11-6-7;1-2/h2-3,6,8-10H,4-5H2,1H3;1-2H3. The normalized spacial score (nSPS) is 11.7. The van der Waals surface area contributed by atoms with Crippen LogP contribution >= 0.6 is 0 Å². The van der Waals surface area contributed by atoms with Gasteiger partial charge in [0.15, 0.2) is 0 Å². The Bertz CT molecular complexity index is 181. The predicted molar refractivity (Wildman–Crippen MR) is 53.7 cm³/mol. The number of rotatable bonds is 4. The predicted octanol–water partition coefficient (Wildman–Crippen LogP) is 1.43. The van der Waals surface area contributed by atoms with E-state index in [2.05, 4.69) is 5.32 Å². The summed E-state index contributed by atoms with van der Waals surface area (Å²) in [4.78, 5) is 0. The third kappa shape index (κ3) is 4.70. The van der Waals surface area contributed by atoms with E-state index in [0.29, 0.717) is 0 Å². The summed E-state index contributed by atoms with van der Waals surface area (Å²) in [6, 6.07) is 2.03. The van der Waals surface area contributed by atoms with Gasteiger partial charge in [-0.25, -0.2) is 0 Å². The van der Waals surface area contributed by atoms with Gasteiger partial charge in [-0.2, -0.15) is 0 Å². The first-order chi connectivity index (χ1) is 6.36. The second-order valence-corrected chi connectivity index (χ2v) is 2.50. The van der Waals surface area contributed by atoms with Crippen LogP contribution in [-0.2, 0) is 6.42 Å². The summed E-state index contributed by atoms with van der Waals surface area (Å²) in [6.07, 6.45) is 4.14. The number of hydrogen-bond acceptors (Lipinski definition) is 3. The molecule has 1 atom stereocenters. The summed E-state index contributed by atoms with van der Waals surface area (Å²) in [5.41, 5.74) is 1.11. The summed E-state index contributed by atoms with van der Waals surface area (Å²) >= 11 is 0. The second-order valence-electron chi connectivity index (χ2n) is 2.50. The number of hydrogen-bond donors (Lipinski definition) is 2. The van der Waals surface area contributed by atoms with Crippen LogP contribution in [0.25, 0.3) is 0 Å². The molecule has 0 radical (unpaired) electrons. The molecule has 1 unspecified atom stereocenters. The first kappa shape index (κ1) is 12.2. The van der Waals surface area contributed by atoms with Crippen LogP contribution in [0.1, 0.15) is 19.4 Å². The van der Waals surface area contributed by atoms with Gasteiger partial charge in [-0.15, -0.1) is 0 Å². The second kappa shape index (κ2) is 7.83. The van der Waals surface area contributed by atoms with Crippen molar-refractivity contribution in [2.24, 2.45) is 0 Å². The molecule has 76 valence electrons. The number of aliphatic hydroxyl groups excluding tert-OH is 1. The molecule has 0 spiro atoms. The number of likely N-dealkylation sites (N-methyl/N-ethyl adjacent to an activating group) is 1. The number of furan rings is 1. The van der Waals surface area contributed by atoms with Gasteiger partial charge in [0.2, 0.25) is 0 Å². The fourth-order valence-corrected chi connectivity index (χ4v) is 0.951. The minimum absolute atomic E-state index is 0.132. The largest absolute Gasteiger partial charge is 0.472 e. The maximum atomic E-state index is 8.83. The minimum atomic E-state index is 0.132. The summed E-state index contributed by atoms with van der Waals surface area (Å²) in [5.74, 6) is 0. The van der Waals surface area contributed by atoms with Crippen LogP contribution in [0.4, 0.5) is 0 Å². The van der Waals surface area contributed by atoms with Gasteiger partial charge in [-0.1, -0.05) is 13.8 Å². The zero-order chi connectivity index (χ0) is 10.1. The van der Waals surface area contributed by atoms with Crippen molar-refractivity contribution in [3.8, 4) is 0 Å². The molecule has 0 saturated heterocycles. The molecule has 1 aromatic rings. The van der Waals surface area contributed by atoms with Crippen LogP contribution in [0.5, 0.6) is 0 Å². The molecule has 0 amide bonds. The molecule has 0 saturated carbocycles.